The van der Waals surface area contributed by atoms with E-state index in [1.165, 1.54) is 5.56 Å². The van der Waals surface area contributed by atoms with Gasteiger partial charge in [0.05, 0.1) is 5.52 Å². The van der Waals surface area contributed by atoms with Gasteiger partial charge in [-0.25, -0.2) is 0 Å². The van der Waals surface area contributed by atoms with E-state index in [9.17, 15) is 0 Å². The van der Waals surface area contributed by atoms with Gasteiger partial charge in [-0.1, -0.05) is 52.3 Å². The van der Waals surface area contributed by atoms with Crippen molar-refractivity contribution in [3.05, 3.63) is 82.3 Å². The Morgan fingerprint density at radius 2 is 1.77 bits per heavy atom. The summed E-state index contributed by atoms with van der Waals surface area (Å²) in [5.74, 6) is 0.520. The minimum absolute atomic E-state index is 0.0693. The van der Waals surface area contributed by atoms with Crippen molar-refractivity contribution in [1.82, 2.24) is 10.2 Å². The van der Waals surface area contributed by atoms with Crippen LogP contribution in [0.4, 0.5) is 5.82 Å². The monoisotopic (exact) mass is 406 g/mol. The minimum Gasteiger partial charge on any atom is -0.382 e. The Balaban J connectivity index is 1.68. The molecule has 0 radical (unpaired) electrons. The molecule has 0 saturated heterocycles. The first-order valence-corrected chi connectivity index (χ1v) is 9.23. The summed E-state index contributed by atoms with van der Waals surface area (Å²) in [6.07, 6.45) is 0.798. The number of nitrogens with one attached hydrogen (secondary N) is 1. The molecule has 4 nitrogen and oxygen atoms in total. The van der Waals surface area contributed by atoms with E-state index in [-0.39, 0.29) is 6.04 Å². The number of nitrogen functional groups attached to an aromatic ring is 1. The Hall–Kier alpha value is -2.63. The number of aromatic amines is 1. The van der Waals surface area contributed by atoms with Crippen molar-refractivity contribution in [1.29, 1.82) is 0 Å². The third-order valence-electron chi connectivity index (χ3n) is 4.57. The fourth-order valence-electron chi connectivity index (χ4n) is 3.20. The van der Waals surface area contributed by atoms with Gasteiger partial charge >= 0.3 is 0 Å². The van der Waals surface area contributed by atoms with Crippen LogP contribution in [-0.2, 0) is 6.42 Å². The quantitative estimate of drug-likeness (QED) is 0.454. The first-order chi connectivity index (χ1) is 12.6. The Morgan fingerprint density at radius 1 is 0.962 bits per heavy atom. The lowest BCUT2D eigenvalue weighted by atomic mass is 9.95. The largest absolute Gasteiger partial charge is 0.382 e. The zero-order chi connectivity index (χ0) is 18.1. The van der Waals surface area contributed by atoms with E-state index in [0.717, 1.165) is 38.5 Å². The highest BCUT2D eigenvalue weighted by Gasteiger charge is 2.11. The summed E-state index contributed by atoms with van der Waals surface area (Å²) >= 11 is 3.62. The Morgan fingerprint density at radius 3 is 2.58 bits per heavy atom. The molecule has 5 N–H and O–H groups in total. The van der Waals surface area contributed by atoms with Crippen LogP contribution in [-0.4, -0.2) is 10.2 Å². The lowest BCUT2D eigenvalue weighted by Gasteiger charge is -2.15. The summed E-state index contributed by atoms with van der Waals surface area (Å²) in [6.45, 7) is 0. The molecule has 4 rings (SSSR count). The fourth-order valence-corrected chi connectivity index (χ4v) is 3.71. The summed E-state index contributed by atoms with van der Waals surface area (Å²) in [4.78, 5) is 0. The lowest BCUT2D eigenvalue weighted by molar-refractivity contribution is 0.722. The predicted molar refractivity (Wildman–Crippen MR) is 111 cm³/mol. The molecule has 0 aliphatic heterocycles. The number of aromatic nitrogens is 2. The number of hydrogen-bond acceptors (Lipinski definition) is 3. The van der Waals surface area contributed by atoms with Gasteiger partial charge < -0.3 is 11.5 Å². The van der Waals surface area contributed by atoms with Crippen LogP contribution in [0.2, 0.25) is 0 Å². The van der Waals surface area contributed by atoms with E-state index in [4.69, 9.17) is 11.5 Å². The first-order valence-electron chi connectivity index (χ1n) is 8.44. The average Bonchev–Trinajstić information content (AvgIpc) is 3.02. The number of nitrogens with two attached hydrogens (primary N) is 2. The molecule has 130 valence electrons. The zero-order valence-corrected chi connectivity index (χ0v) is 15.7. The van der Waals surface area contributed by atoms with Gasteiger partial charge in [0.15, 0.2) is 5.82 Å². The molecule has 5 heteroatoms. The molecule has 0 aliphatic rings. The predicted octanol–water partition coefficient (Wildman–Crippen LogP) is 4.82. The third-order valence-corrected chi connectivity index (χ3v) is 5.03. The summed E-state index contributed by atoms with van der Waals surface area (Å²) < 4.78 is 1.01. The number of rotatable bonds is 4. The molecule has 0 aliphatic carbocycles. The number of anilines is 1. The number of hydrogen-bond donors (Lipinski definition) is 3. The van der Waals surface area contributed by atoms with E-state index < -0.39 is 0 Å². The van der Waals surface area contributed by atoms with Gasteiger partial charge in [-0.05, 0) is 59.0 Å². The van der Waals surface area contributed by atoms with Crippen molar-refractivity contribution in [2.75, 3.05) is 5.73 Å². The second-order valence-electron chi connectivity index (χ2n) is 6.44. The van der Waals surface area contributed by atoms with Gasteiger partial charge in [0, 0.05) is 15.9 Å². The second kappa shape index (κ2) is 6.94. The maximum atomic E-state index is 6.48. The molecule has 1 aromatic heterocycles. The first kappa shape index (κ1) is 16.8. The fraction of sp³-hybridized carbons (Fsp3) is 0.0952. The van der Waals surface area contributed by atoms with Crippen molar-refractivity contribution in [2.45, 2.75) is 12.5 Å². The number of fused-ring (bicyclic) bond motifs is 1. The van der Waals surface area contributed by atoms with Crippen molar-refractivity contribution in [3.63, 3.8) is 0 Å². The van der Waals surface area contributed by atoms with Crippen molar-refractivity contribution in [3.8, 4) is 11.1 Å². The summed E-state index contributed by atoms with van der Waals surface area (Å²) in [5.41, 5.74) is 17.8. The van der Waals surface area contributed by atoms with Crippen LogP contribution in [0.5, 0.6) is 0 Å². The van der Waals surface area contributed by atoms with Crippen molar-refractivity contribution in [2.24, 2.45) is 5.73 Å². The minimum atomic E-state index is -0.0693. The average molecular weight is 407 g/mol. The highest BCUT2D eigenvalue weighted by atomic mass is 79.9. The summed E-state index contributed by atoms with van der Waals surface area (Å²) in [5, 5.41) is 7.97. The molecule has 1 heterocycles. The standard InChI is InChI=1S/C21H19BrN4/c22-17-10-15(14-6-7-18-20(12-14)25-26-21(18)24)9-16(11-17)19(23)8-13-4-2-1-3-5-13/h1-7,9-12,19H,8,23H2,(H3,24,25,26). The third kappa shape index (κ3) is 3.36. The van der Waals surface area contributed by atoms with Gasteiger partial charge in [-0.2, -0.15) is 5.10 Å². The summed E-state index contributed by atoms with van der Waals surface area (Å²) in [7, 11) is 0. The highest BCUT2D eigenvalue weighted by molar-refractivity contribution is 9.10. The molecule has 4 aromatic rings. The SMILES string of the molecule is Nc1n[nH]c2cc(-c3cc(Br)cc(C(N)Cc4ccccc4)c3)ccc12. The van der Waals surface area contributed by atoms with E-state index in [1.807, 2.05) is 24.3 Å². The highest BCUT2D eigenvalue weighted by Crippen LogP contribution is 2.31. The van der Waals surface area contributed by atoms with E-state index in [1.54, 1.807) is 0 Å². The van der Waals surface area contributed by atoms with Crippen LogP contribution in [0.15, 0.2) is 71.2 Å². The zero-order valence-electron chi connectivity index (χ0n) is 14.1. The van der Waals surface area contributed by atoms with E-state index in [0.29, 0.717) is 5.82 Å². The molecule has 1 atom stereocenters. The van der Waals surface area contributed by atoms with E-state index >= 15 is 0 Å². The van der Waals surface area contributed by atoms with Crippen LogP contribution in [0.1, 0.15) is 17.2 Å². The molecule has 0 saturated carbocycles. The topological polar surface area (TPSA) is 80.7 Å². The smallest absolute Gasteiger partial charge is 0.153 e. The molecule has 0 spiro atoms. The van der Waals surface area contributed by atoms with Crippen LogP contribution in [0.3, 0.4) is 0 Å². The molecule has 26 heavy (non-hydrogen) atoms. The number of halogens is 1. The Kier molecular flexibility index (Phi) is 4.49. The number of nitrogens with zero attached hydrogens (tertiary/aromatic N) is 1. The Labute approximate surface area is 160 Å². The van der Waals surface area contributed by atoms with Crippen LogP contribution < -0.4 is 11.5 Å². The van der Waals surface area contributed by atoms with E-state index in [2.05, 4.69) is 68.6 Å². The van der Waals surface area contributed by atoms with Gasteiger partial charge in [-0.15, -0.1) is 0 Å². The van der Waals surface area contributed by atoms with Gasteiger partial charge in [-0.3, -0.25) is 5.10 Å². The maximum Gasteiger partial charge on any atom is 0.153 e. The molecular weight excluding hydrogens is 388 g/mol. The lowest BCUT2D eigenvalue weighted by Crippen LogP contribution is -2.13. The van der Waals surface area contributed by atoms with Crippen molar-refractivity contribution < 1.29 is 0 Å². The van der Waals surface area contributed by atoms with Crippen LogP contribution in [0.25, 0.3) is 22.0 Å². The van der Waals surface area contributed by atoms with Crippen molar-refractivity contribution >= 4 is 32.7 Å². The van der Waals surface area contributed by atoms with Crippen LogP contribution in [0, 0.1) is 0 Å². The molecule has 0 bridgehead atoms. The number of H-pyrrole nitrogens is 1. The second-order valence-corrected chi connectivity index (χ2v) is 7.35. The molecule has 0 amide bonds. The Bertz CT molecular complexity index is 1060. The van der Waals surface area contributed by atoms with Gasteiger partial charge in [0.25, 0.3) is 0 Å². The summed E-state index contributed by atoms with van der Waals surface area (Å²) in [6, 6.07) is 22.7. The molecule has 1 unspecified atom stereocenters. The molecule has 0 fully saturated rings. The van der Waals surface area contributed by atoms with Gasteiger partial charge in [0.2, 0.25) is 0 Å². The molecular formula is C21H19BrN4. The van der Waals surface area contributed by atoms with Gasteiger partial charge in [0.1, 0.15) is 0 Å². The van der Waals surface area contributed by atoms with Crippen LogP contribution >= 0.6 is 15.9 Å². The normalized spacial score (nSPS) is 12.4. The maximum absolute atomic E-state index is 6.48. The molecule has 3 aromatic carbocycles. The number of benzene rings is 3.